The van der Waals surface area contributed by atoms with Crippen molar-refractivity contribution in [1.82, 2.24) is 10.2 Å². The molecule has 0 aromatic heterocycles. The zero-order valence-electron chi connectivity index (χ0n) is 23.6. The third-order valence-corrected chi connectivity index (χ3v) is 5.91. The fourth-order valence-electron chi connectivity index (χ4n) is 3.25. The summed E-state index contributed by atoms with van der Waals surface area (Å²) in [5.74, 6) is 2.16. The van der Waals surface area contributed by atoms with Crippen LogP contribution in [0.4, 0.5) is 0 Å². The molecule has 2 aliphatic heterocycles. The van der Waals surface area contributed by atoms with E-state index in [4.69, 9.17) is 9.47 Å². The van der Waals surface area contributed by atoms with E-state index in [-0.39, 0.29) is 5.91 Å². The van der Waals surface area contributed by atoms with E-state index < -0.39 is 0 Å². The number of benzene rings is 1. The Morgan fingerprint density at radius 2 is 1.73 bits per heavy atom. The maximum absolute atomic E-state index is 12.3. The molecule has 208 valence electrons. The molecule has 1 fully saturated rings. The lowest BCUT2D eigenvalue weighted by molar-refractivity contribution is 0.0946. The summed E-state index contributed by atoms with van der Waals surface area (Å²) in [5.41, 5.74) is 2.38. The quantitative estimate of drug-likeness (QED) is 0.303. The third-order valence-electron chi connectivity index (χ3n) is 4.91. The summed E-state index contributed by atoms with van der Waals surface area (Å²) in [6.07, 6.45) is 7.35. The van der Waals surface area contributed by atoms with Crippen molar-refractivity contribution in [2.75, 3.05) is 58.0 Å². The van der Waals surface area contributed by atoms with Crippen LogP contribution in [0.2, 0.25) is 0 Å². The Hall–Kier alpha value is -2.42. The van der Waals surface area contributed by atoms with Gasteiger partial charge in [-0.05, 0) is 64.0 Å². The molecule has 1 aromatic rings. The molecule has 1 aromatic carbocycles. The zero-order chi connectivity index (χ0) is 27.7. The number of hydrogen-bond acceptors (Lipinski definition) is 7. The van der Waals surface area contributed by atoms with Gasteiger partial charge in [0.1, 0.15) is 6.61 Å². The molecule has 7 nitrogen and oxygen atoms in total. The van der Waals surface area contributed by atoms with Crippen molar-refractivity contribution >= 4 is 29.3 Å². The molecule has 0 bridgehead atoms. The molecule has 0 unspecified atom stereocenters. The van der Waals surface area contributed by atoms with Gasteiger partial charge in [0.2, 0.25) is 5.90 Å². The number of ether oxygens (including phenoxy) is 2. The Balaban J connectivity index is 0.00000145. The van der Waals surface area contributed by atoms with E-state index in [0.29, 0.717) is 24.6 Å². The van der Waals surface area contributed by atoms with Gasteiger partial charge in [-0.3, -0.25) is 4.79 Å². The van der Waals surface area contributed by atoms with Crippen molar-refractivity contribution < 1.29 is 14.3 Å². The van der Waals surface area contributed by atoms with Crippen LogP contribution in [0.15, 0.2) is 59.8 Å². The summed E-state index contributed by atoms with van der Waals surface area (Å²) in [5, 5.41) is 11.5. The second kappa shape index (κ2) is 23.9. The minimum Gasteiger partial charge on any atom is -0.470 e. The molecule has 0 aliphatic carbocycles. The van der Waals surface area contributed by atoms with Crippen molar-refractivity contribution in [3.8, 4) is 0 Å². The number of likely N-dealkylation sites (tertiary alicyclic amines) is 1. The minimum absolute atomic E-state index is 0.0477. The highest BCUT2D eigenvalue weighted by Gasteiger charge is 2.14. The van der Waals surface area contributed by atoms with Crippen LogP contribution in [0.5, 0.6) is 0 Å². The molecule has 1 N–H and O–H groups in total. The molecule has 2 heterocycles. The molecule has 37 heavy (non-hydrogen) atoms. The fraction of sp³-hybridized carbons (Fsp3) is 0.552. The Bertz CT molecular complexity index is 798. The zero-order valence-corrected chi connectivity index (χ0v) is 24.4. The van der Waals surface area contributed by atoms with Gasteiger partial charge < -0.3 is 19.7 Å². The van der Waals surface area contributed by atoms with Crippen LogP contribution in [-0.4, -0.2) is 80.4 Å². The SMILES string of the molecule is C=CC.C=CC.CC.COCCSCC1=NN=C(c2ccc(C(=O)NCCN3CCCCC3)cc2)OC1. The van der Waals surface area contributed by atoms with Gasteiger partial charge in [-0.15, -0.1) is 18.3 Å². The van der Waals surface area contributed by atoms with Crippen LogP contribution in [0, 0.1) is 0 Å². The Morgan fingerprint density at radius 1 is 1.11 bits per heavy atom. The molecule has 0 spiro atoms. The molecular weight excluding hydrogens is 484 g/mol. The number of methoxy groups -OCH3 is 1. The first-order valence-corrected chi connectivity index (χ1v) is 14.3. The van der Waals surface area contributed by atoms with Gasteiger partial charge in [-0.2, -0.15) is 16.9 Å². The number of piperidine rings is 1. The van der Waals surface area contributed by atoms with E-state index in [1.54, 1.807) is 43.2 Å². The highest BCUT2D eigenvalue weighted by atomic mass is 32.2. The smallest absolute Gasteiger partial charge is 0.251 e. The molecular formula is C29H48N4O3S. The Morgan fingerprint density at radius 3 is 2.27 bits per heavy atom. The van der Waals surface area contributed by atoms with Crippen LogP contribution in [0.25, 0.3) is 0 Å². The van der Waals surface area contributed by atoms with Crippen LogP contribution < -0.4 is 5.32 Å². The summed E-state index contributed by atoms with van der Waals surface area (Å²) in [6.45, 7) is 19.5. The van der Waals surface area contributed by atoms with Gasteiger partial charge in [0.25, 0.3) is 5.91 Å². The van der Waals surface area contributed by atoms with Gasteiger partial charge in [0, 0.05) is 42.8 Å². The largest absolute Gasteiger partial charge is 0.470 e. The molecule has 1 amide bonds. The van der Waals surface area contributed by atoms with Gasteiger partial charge in [-0.1, -0.05) is 32.4 Å². The predicted octanol–water partition coefficient (Wildman–Crippen LogP) is 5.83. The van der Waals surface area contributed by atoms with Gasteiger partial charge in [-0.25, -0.2) is 0 Å². The first kappa shape index (κ1) is 34.6. The van der Waals surface area contributed by atoms with E-state index in [0.717, 1.165) is 49.0 Å². The summed E-state index contributed by atoms with van der Waals surface area (Å²) in [4.78, 5) is 14.8. The average molecular weight is 533 g/mol. The van der Waals surface area contributed by atoms with Crippen molar-refractivity contribution in [2.45, 2.75) is 47.0 Å². The molecule has 0 saturated carbocycles. The summed E-state index contributed by atoms with van der Waals surface area (Å²) >= 11 is 1.75. The van der Waals surface area contributed by atoms with E-state index >= 15 is 0 Å². The topological polar surface area (TPSA) is 75.5 Å². The molecule has 3 rings (SSSR count). The number of rotatable bonds is 10. The summed E-state index contributed by atoms with van der Waals surface area (Å²) in [6, 6.07) is 7.31. The Labute approximate surface area is 229 Å². The van der Waals surface area contributed by atoms with E-state index in [1.807, 2.05) is 39.8 Å². The first-order chi connectivity index (χ1) is 18.1. The molecule has 0 atom stereocenters. The van der Waals surface area contributed by atoms with Gasteiger partial charge >= 0.3 is 0 Å². The fourth-order valence-corrected chi connectivity index (χ4v) is 4.05. The van der Waals surface area contributed by atoms with Gasteiger partial charge in [0.15, 0.2) is 0 Å². The number of thioether (sulfide) groups is 1. The number of carbonyl (C=O) groups is 1. The van der Waals surface area contributed by atoms with Gasteiger partial charge in [0.05, 0.1) is 12.3 Å². The lowest BCUT2D eigenvalue weighted by Gasteiger charge is -2.26. The van der Waals surface area contributed by atoms with E-state index in [9.17, 15) is 4.79 Å². The van der Waals surface area contributed by atoms with Crippen LogP contribution in [-0.2, 0) is 9.47 Å². The number of allylic oxidation sites excluding steroid dienone is 2. The molecule has 0 radical (unpaired) electrons. The second-order valence-corrected chi connectivity index (χ2v) is 9.06. The number of amides is 1. The molecule has 8 heteroatoms. The maximum atomic E-state index is 12.3. The highest BCUT2D eigenvalue weighted by molar-refractivity contribution is 7.99. The van der Waals surface area contributed by atoms with E-state index in [1.165, 1.54) is 19.3 Å². The summed E-state index contributed by atoms with van der Waals surface area (Å²) < 4.78 is 10.8. The minimum atomic E-state index is -0.0477. The van der Waals surface area contributed by atoms with Crippen LogP contribution in [0.3, 0.4) is 0 Å². The standard InChI is InChI=1S/C21H30N4O3S.2C3H6.C2H6/c1-27-13-14-29-16-19-15-28-21(24-23-19)18-7-5-17(6-8-18)20(26)22-9-12-25-10-3-2-4-11-25;2*1-3-2;1-2/h5-8H,2-4,9-16H2,1H3,(H,22,26);2*3H,1H2,2H3;1-2H3. The normalized spacial score (nSPS) is 14.4. The van der Waals surface area contributed by atoms with Crippen LogP contribution in [0.1, 0.15) is 62.9 Å². The first-order valence-electron chi connectivity index (χ1n) is 13.2. The number of nitrogens with zero attached hydrogens (tertiary/aromatic N) is 3. The molecule has 2 aliphatic rings. The second-order valence-electron chi connectivity index (χ2n) is 7.96. The van der Waals surface area contributed by atoms with Crippen molar-refractivity contribution in [3.63, 3.8) is 0 Å². The van der Waals surface area contributed by atoms with Crippen LogP contribution >= 0.6 is 11.8 Å². The highest BCUT2D eigenvalue weighted by Crippen LogP contribution is 2.12. The number of nitrogens with one attached hydrogen (secondary N) is 1. The monoisotopic (exact) mass is 532 g/mol. The average Bonchev–Trinajstić information content (AvgIpc) is 2.94. The van der Waals surface area contributed by atoms with E-state index in [2.05, 4.69) is 33.6 Å². The molecule has 1 saturated heterocycles. The number of hydrogen-bond donors (Lipinski definition) is 1. The summed E-state index contributed by atoms with van der Waals surface area (Å²) in [7, 11) is 1.70. The number of carbonyl (C=O) groups excluding carboxylic acids is 1. The lowest BCUT2D eigenvalue weighted by atomic mass is 10.1. The lowest BCUT2D eigenvalue weighted by Crippen LogP contribution is -2.37. The Kier molecular flexibility index (Phi) is 22.4. The predicted molar refractivity (Wildman–Crippen MR) is 161 cm³/mol. The van der Waals surface area contributed by atoms with Crippen molar-refractivity contribution in [2.24, 2.45) is 10.2 Å². The maximum Gasteiger partial charge on any atom is 0.251 e. The third kappa shape index (κ3) is 16.1. The van der Waals surface area contributed by atoms with Crippen molar-refractivity contribution in [3.05, 3.63) is 60.7 Å². The van der Waals surface area contributed by atoms with Crippen molar-refractivity contribution in [1.29, 1.82) is 0 Å².